The normalized spacial score (nSPS) is 12.4. The number of halogens is 3. The average molecular weight is 296 g/mol. The number of primary amides is 1. The number of hydrogen-bond donors (Lipinski definition) is 2. The molecule has 106 valence electrons. The topological polar surface area (TPSA) is 103 Å². The molecule has 9 heteroatoms. The Hall–Kier alpha value is -1.77. The van der Waals surface area contributed by atoms with E-state index in [-0.39, 0.29) is 0 Å². The maximum absolute atomic E-state index is 12.4. The van der Waals surface area contributed by atoms with Crippen LogP contribution in [0, 0.1) is 0 Å². The molecule has 0 unspecified atom stereocenters. The zero-order valence-corrected chi connectivity index (χ0v) is 10.4. The summed E-state index contributed by atoms with van der Waals surface area (Å²) in [6.07, 6.45) is -5.04. The summed E-state index contributed by atoms with van der Waals surface area (Å²) < 4.78 is 60.7. The van der Waals surface area contributed by atoms with Crippen molar-refractivity contribution in [1.29, 1.82) is 0 Å². The van der Waals surface area contributed by atoms with E-state index in [1.807, 2.05) is 0 Å². The second-order valence-electron chi connectivity index (χ2n) is 3.79. The lowest BCUT2D eigenvalue weighted by atomic mass is 10.2. The van der Waals surface area contributed by atoms with Gasteiger partial charge in [-0.25, -0.2) is 8.42 Å². The predicted molar refractivity (Wildman–Crippen MR) is 61.7 cm³/mol. The monoisotopic (exact) mass is 296 g/mol. The number of nitrogens with two attached hydrogens (primary N) is 2. The lowest BCUT2D eigenvalue weighted by Gasteiger charge is -2.11. The predicted octanol–water partition coefficient (Wildman–Crippen LogP) is 0.937. The minimum atomic E-state index is -4.61. The van der Waals surface area contributed by atoms with Crippen molar-refractivity contribution < 1.29 is 26.4 Å². The molecule has 5 nitrogen and oxygen atoms in total. The summed E-state index contributed by atoms with van der Waals surface area (Å²) in [5, 5.41) is 0. The summed E-state index contributed by atoms with van der Waals surface area (Å²) in [5.41, 5.74) is 8.57. The summed E-state index contributed by atoms with van der Waals surface area (Å²) in [4.78, 5) is 10.1. The Morgan fingerprint density at radius 2 is 1.84 bits per heavy atom. The molecule has 0 aliphatic carbocycles. The molecule has 0 fully saturated rings. The molecule has 0 atom stereocenters. The van der Waals surface area contributed by atoms with Crippen LogP contribution in [0.15, 0.2) is 23.1 Å². The van der Waals surface area contributed by atoms with Crippen LogP contribution in [0.2, 0.25) is 0 Å². The second kappa shape index (κ2) is 5.08. The fourth-order valence-corrected chi connectivity index (χ4v) is 2.74. The van der Waals surface area contributed by atoms with Gasteiger partial charge in [-0.2, -0.15) is 13.2 Å². The average Bonchev–Trinajstić information content (AvgIpc) is 2.25. The Morgan fingerprint density at radius 1 is 1.26 bits per heavy atom. The van der Waals surface area contributed by atoms with Gasteiger partial charge in [0.1, 0.15) is 0 Å². The lowest BCUT2D eigenvalue weighted by Crippen LogP contribution is -2.18. The van der Waals surface area contributed by atoms with Gasteiger partial charge in [-0.1, -0.05) is 0 Å². The minimum Gasteiger partial charge on any atom is -0.398 e. The third-order valence-electron chi connectivity index (χ3n) is 2.29. The quantitative estimate of drug-likeness (QED) is 0.807. The Bertz CT molecular complexity index is 597. The van der Waals surface area contributed by atoms with Gasteiger partial charge in [0.15, 0.2) is 9.84 Å². The highest BCUT2D eigenvalue weighted by molar-refractivity contribution is 7.91. The van der Waals surface area contributed by atoms with Gasteiger partial charge in [0.05, 0.1) is 21.9 Å². The Morgan fingerprint density at radius 3 is 2.26 bits per heavy atom. The standard InChI is InChI=1S/C10H11F3N2O3S/c11-10(12,13)6-1-2-8(7(14)5-6)19(17,18)4-3-9(15)16/h1-2,5H,3-4,14H2,(H2,15,16). The van der Waals surface area contributed by atoms with Gasteiger partial charge in [0.25, 0.3) is 0 Å². The summed E-state index contributed by atoms with van der Waals surface area (Å²) in [5.74, 6) is -1.42. The number of nitrogen functional groups attached to an aromatic ring is 1. The number of amides is 1. The third-order valence-corrected chi connectivity index (χ3v) is 4.07. The molecule has 0 aliphatic rings. The molecule has 1 amide bonds. The van der Waals surface area contributed by atoms with Crippen LogP contribution in [0.5, 0.6) is 0 Å². The molecule has 1 rings (SSSR count). The molecule has 0 saturated heterocycles. The van der Waals surface area contributed by atoms with Crippen molar-refractivity contribution in [3.05, 3.63) is 23.8 Å². The molecule has 19 heavy (non-hydrogen) atoms. The summed E-state index contributed by atoms with van der Waals surface area (Å²) in [7, 11) is -3.94. The van der Waals surface area contributed by atoms with E-state index in [0.717, 1.165) is 6.07 Å². The minimum absolute atomic E-state index is 0.428. The van der Waals surface area contributed by atoms with Crippen LogP contribution in [0.4, 0.5) is 18.9 Å². The first-order chi connectivity index (χ1) is 8.54. The van der Waals surface area contributed by atoms with Crippen molar-refractivity contribution in [2.45, 2.75) is 17.5 Å². The molecular formula is C10H11F3N2O3S. The largest absolute Gasteiger partial charge is 0.416 e. The SMILES string of the molecule is NC(=O)CCS(=O)(=O)c1ccc(C(F)(F)F)cc1N. The Balaban J connectivity index is 3.13. The number of benzene rings is 1. The molecular weight excluding hydrogens is 285 g/mol. The van der Waals surface area contributed by atoms with E-state index in [1.165, 1.54) is 0 Å². The third kappa shape index (κ3) is 3.85. The first-order valence-corrected chi connectivity index (χ1v) is 6.67. The van der Waals surface area contributed by atoms with Crippen molar-refractivity contribution in [3.63, 3.8) is 0 Å². The number of rotatable bonds is 4. The molecule has 0 aliphatic heterocycles. The van der Waals surface area contributed by atoms with Crippen LogP contribution in [-0.4, -0.2) is 20.1 Å². The number of hydrogen-bond acceptors (Lipinski definition) is 4. The molecule has 1 aromatic rings. The zero-order valence-electron chi connectivity index (χ0n) is 9.57. The van der Waals surface area contributed by atoms with Crippen LogP contribution >= 0.6 is 0 Å². The van der Waals surface area contributed by atoms with Crippen molar-refractivity contribution in [2.24, 2.45) is 5.73 Å². The van der Waals surface area contributed by atoms with Gasteiger partial charge in [-0.15, -0.1) is 0 Å². The maximum atomic E-state index is 12.4. The van der Waals surface area contributed by atoms with E-state index in [0.29, 0.717) is 12.1 Å². The van der Waals surface area contributed by atoms with Gasteiger partial charge in [0, 0.05) is 6.42 Å². The number of sulfone groups is 1. The molecule has 0 spiro atoms. The fraction of sp³-hybridized carbons (Fsp3) is 0.300. The highest BCUT2D eigenvalue weighted by Crippen LogP contribution is 2.32. The van der Waals surface area contributed by atoms with Crippen LogP contribution in [0.3, 0.4) is 0 Å². The van der Waals surface area contributed by atoms with Crippen LogP contribution in [0.1, 0.15) is 12.0 Å². The molecule has 0 heterocycles. The Kier molecular flexibility index (Phi) is 4.09. The maximum Gasteiger partial charge on any atom is 0.416 e. The first-order valence-electron chi connectivity index (χ1n) is 5.02. The summed E-state index contributed by atoms with van der Waals surface area (Å²) in [6, 6.07) is 1.93. The number of carbonyl (C=O) groups is 1. The number of alkyl halides is 3. The van der Waals surface area contributed by atoms with E-state index in [4.69, 9.17) is 11.5 Å². The van der Waals surface area contributed by atoms with Crippen LogP contribution < -0.4 is 11.5 Å². The van der Waals surface area contributed by atoms with E-state index < -0.39 is 50.2 Å². The van der Waals surface area contributed by atoms with Crippen LogP contribution in [0.25, 0.3) is 0 Å². The summed E-state index contributed by atoms with van der Waals surface area (Å²) in [6.45, 7) is 0. The van der Waals surface area contributed by atoms with Gasteiger partial charge < -0.3 is 11.5 Å². The van der Waals surface area contributed by atoms with E-state index in [2.05, 4.69) is 0 Å². The number of carbonyl (C=O) groups excluding carboxylic acids is 1. The Labute approximate surface area is 107 Å². The van der Waals surface area contributed by atoms with Crippen LogP contribution in [-0.2, 0) is 20.8 Å². The molecule has 0 radical (unpaired) electrons. The van der Waals surface area contributed by atoms with Crippen molar-refractivity contribution in [3.8, 4) is 0 Å². The smallest absolute Gasteiger partial charge is 0.398 e. The lowest BCUT2D eigenvalue weighted by molar-refractivity contribution is -0.137. The molecule has 0 aromatic heterocycles. The number of anilines is 1. The van der Waals surface area contributed by atoms with Crippen molar-refractivity contribution >= 4 is 21.4 Å². The van der Waals surface area contributed by atoms with E-state index in [9.17, 15) is 26.4 Å². The van der Waals surface area contributed by atoms with Gasteiger partial charge in [-0.05, 0) is 18.2 Å². The van der Waals surface area contributed by atoms with E-state index in [1.54, 1.807) is 0 Å². The van der Waals surface area contributed by atoms with Crippen molar-refractivity contribution in [1.82, 2.24) is 0 Å². The molecule has 1 aromatic carbocycles. The van der Waals surface area contributed by atoms with Gasteiger partial charge >= 0.3 is 6.18 Å². The molecule has 0 saturated carbocycles. The van der Waals surface area contributed by atoms with E-state index >= 15 is 0 Å². The van der Waals surface area contributed by atoms with Crippen molar-refractivity contribution in [2.75, 3.05) is 11.5 Å². The highest BCUT2D eigenvalue weighted by atomic mass is 32.2. The molecule has 0 bridgehead atoms. The second-order valence-corrected chi connectivity index (χ2v) is 5.86. The summed E-state index contributed by atoms with van der Waals surface area (Å²) >= 11 is 0. The fourth-order valence-electron chi connectivity index (χ4n) is 1.35. The molecule has 4 N–H and O–H groups in total. The zero-order chi connectivity index (χ0) is 14.8. The highest BCUT2D eigenvalue weighted by Gasteiger charge is 2.31. The first kappa shape index (κ1) is 15.3. The van der Waals surface area contributed by atoms with Gasteiger partial charge in [0.2, 0.25) is 5.91 Å². The van der Waals surface area contributed by atoms with Gasteiger partial charge in [-0.3, -0.25) is 4.79 Å².